The molecule has 0 saturated carbocycles. The number of carbonyl (C=O) groups is 1. The first kappa shape index (κ1) is 16.3. The molecule has 0 atom stereocenters. The molecule has 0 fully saturated rings. The number of carboxylic acid groups (broad SMARTS) is 1. The van der Waals surface area contributed by atoms with Gasteiger partial charge in [0.05, 0.1) is 0 Å². The Bertz CT molecular complexity index is 667. The van der Waals surface area contributed by atoms with Gasteiger partial charge in [-0.25, -0.2) is 4.79 Å². The van der Waals surface area contributed by atoms with Gasteiger partial charge in [-0.05, 0) is 42.7 Å². The van der Waals surface area contributed by atoms with Crippen molar-refractivity contribution < 1.29 is 9.90 Å². The third-order valence-corrected chi connectivity index (χ3v) is 4.07. The molecule has 0 saturated heterocycles. The Morgan fingerprint density at radius 3 is 2.68 bits per heavy atom. The fourth-order valence-corrected chi connectivity index (χ4v) is 2.79. The lowest BCUT2D eigenvalue weighted by molar-refractivity contribution is -0.131. The molecule has 0 aliphatic rings. The maximum atomic E-state index is 10.8. The van der Waals surface area contributed by atoms with Crippen LogP contribution in [0.2, 0.25) is 0 Å². The van der Waals surface area contributed by atoms with Crippen LogP contribution in [-0.2, 0) is 11.3 Å². The number of rotatable bonds is 8. The number of fused-ring (bicyclic) bond motifs is 1. The molecule has 2 aromatic rings. The predicted molar refractivity (Wildman–Crippen MR) is 92.0 cm³/mol. The molecule has 0 amide bonds. The van der Waals surface area contributed by atoms with E-state index in [2.05, 4.69) is 35.9 Å². The highest BCUT2D eigenvalue weighted by molar-refractivity contribution is 5.91. The molecular formula is C19H25NO2. The number of hydrogen-bond donors (Lipinski definition) is 1. The monoisotopic (exact) mass is 299 g/mol. The quantitative estimate of drug-likeness (QED) is 0.544. The van der Waals surface area contributed by atoms with Gasteiger partial charge in [0, 0.05) is 29.7 Å². The van der Waals surface area contributed by atoms with Crippen molar-refractivity contribution in [3.05, 3.63) is 42.1 Å². The Labute approximate surface area is 132 Å². The summed E-state index contributed by atoms with van der Waals surface area (Å²) in [7, 11) is 0. The third kappa shape index (κ3) is 4.23. The molecule has 0 spiro atoms. The number of benzene rings is 1. The summed E-state index contributed by atoms with van der Waals surface area (Å²) in [5.41, 5.74) is 2.97. The predicted octanol–water partition coefficient (Wildman–Crippen LogP) is 5.10. The van der Waals surface area contributed by atoms with E-state index >= 15 is 0 Å². The van der Waals surface area contributed by atoms with Crippen molar-refractivity contribution in [2.24, 2.45) is 0 Å². The summed E-state index contributed by atoms with van der Waals surface area (Å²) in [6.07, 6.45) is 9.80. The standard InChI is InChI=1S/C19H25NO2/c1-3-4-5-6-7-11-20-12-10-17-14-16(8-9-18(17)20)15(2)13-19(21)22/h8-10,12-14H,3-7,11H2,1-2H3,(H,21,22)/b15-13+. The molecule has 0 aliphatic heterocycles. The fraction of sp³-hybridized carbons (Fsp3) is 0.421. The minimum atomic E-state index is -0.901. The summed E-state index contributed by atoms with van der Waals surface area (Å²) in [4.78, 5) is 10.8. The van der Waals surface area contributed by atoms with Gasteiger partial charge in [-0.1, -0.05) is 38.7 Å². The van der Waals surface area contributed by atoms with Crippen LogP contribution >= 0.6 is 0 Å². The molecule has 0 radical (unpaired) electrons. The van der Waals surface area contributed by atoms with Crippen molar-refractivity contribution in [2.75, 3.05) is 0 Å². The second-order valence-electron chi connectivity index (χ2n) is 5.86. The van der Waals surface area contributed by atoms with Crippen molar-refractivity contribution in [2.45, 2.75) is 52.5 Å². The van der Waals surface area contributed by atoms with Crippen LogP contribution < -0.4 is 0 Å². The lowest BCUT2D eigenvalue weighted by Crippen LogP contribution is -1.96. The Morgan fingerprint density at radius 1 is 1.18 bits per heavy atom. The van der Waals surface area contributed by atoms with Crippen LogP contribution in [0, 0.1) is 0 Å². The molecule has 1 aromatic carbocycles. The maximum absolute atomic E-state index is 10.8. The number of hydrogen-bond acceptors (Lipinski definition) is 1. The Morgan fingerprint density at radius 2 is 1.95 bits per heavy atom. The molecule has 1 aromatic heterocycles. The summed E-state index contributed by atoms with van der Waals surface area (Å²) >= 11 is 0. The van der Waals surface area contributed by atoms with Gasteiger partial charge in [0.25, 0.3) is 0 Å². The first-order chi connectivity index (χ1) is 10.6. The highest BCUT2D eigenvalue weighted by atomic mass is 16.4. The van der Waals surface area contributed by atoms with E-state index < -0.39 is 5.97 Å². The average Bonchev–Trinajstić information content (AvgIpc) is 2.89. The molecule has 1 heterocycles. The zero-order valence-electron chi connectivity index (χ0n) is 13.5. The minimum Gasteiger partial charge on any atom is -0.478 e. The van der Waals surface area contributed by atoms with Gasteiger partial charge in [-0.15, -0.1) is 0 Å². The molecule has 1 N–H and O–H groups in total. The van der Waals surface area contributed by atoms with Crippen LogP contribution in [0.15, 0.2) is 36.5 Å². The first-order valence-electron chi connectivity index (χ1n) is 8.12. The third-order valence-electron chi connectivity index (χ3n) is 4.07. The molecular weight excluding hydrogens is 274 g/mol. The van der Waals surface area contributed by atoms with E-state index in [1.54, 1.807) is 0 Å². The highest BCUT2D eigenvalue weighted by Crippen LogP contribution is 2.22. The van der Waals surface area contributed by atoms with Gasteiger partial charge in [0.2, 0.25) is 0 Å². The summed E-state index contributed by atoms with van der Waals surface area (Å²) in [5, 5.41) is 10.0. The van der Waals surface area contributed by atoms with Gasteiger partial charge in [0.15, 0.2) is 0 Å². The zero-order chi connectivity index (χ0) is 15.9. The van der Waals surface area contributed by atoms with Crippen molar-refractivity contribution in [1.29, 1.82) is 0 Å². The molecule has 118 valence electrons. The van der Waals surface area contributed by atoms with Crippen LogP contribution in [0.3, 0.4) is 0 Å². The molecule has 3 nitrogen and oxygen atoms in total. The number of nitrogens with zero attached hydrogens (tertiary/aromatic N) is 1. The Balaban J connectivity index is 2.08. The number of aromatic nitrogens is 1. The van der Waals surface area contributed by atoms with Crippen molar-refractivity contribution >= 4 is 22.4 Å². The molecule has 0 bridgehead atoms. The second kappa shape index (κ2) is 7.83. The molecule has 2 rings (SSSR count). The van der Waals surface area contributed by atoms with E-state index in [1.165, 1.54) is 49.1 Å². The van der Waals surface area contributed by atoms with E-state index in [0.29, 0.717) is 0 Å². The first-order valence-corrected chi connectivity index (χ1v) is 8.12. The molecule has 3 heteroatoms. The zero-order valence-corrected chi connectivity index (χ0v) is 13.5. The number of allylic oxidation sites excluding steroid dienone is 1. The topological polar surface area (TPSA) is 42.2 Å². The molecule has 0 aliphatic carbocycles. The van der Waals surface area contributed by atoms with Crippen LogP contribution in [0.25, 0.3) is 16.5 Å². The van der Waals surface area contributed by atoms with Gasteiger partial charge in [-0.3, -0.25) is 0 Å². The lowest BCUT2D eigenvalue weighted by Gasteiger charge is -2.07. The highest BCUT2D eigenvalue weighted by Gasteiger charge is 2.04. The van der Waals surface area contributed by atoms with Gasteiger partial charge < -0.3 is 9.67 Å². The van der Waals surface area contributed by atoms with Gasteiger partial charge in [-0.2, -0.15) is 0 Å². The van der Waals surface area contributed by atoms with Crippen molar-refractivity contribution in [1.82, 2.24) is 4.57 Å². The number of unbranched alkanes of at least 4 members (excludes halogenated alkanes) is 4. The normalized spacial score (nSPS) is 12.0. The van der Waals surface area contributed by atoms with E-state index in [4.69, 9.17) is 5.11 Å². The van der Waals surface area contributed by atoms with Crippen molar-refractivity contribution in [3.8, 4) is 0 Å². The van der Waals surface area contributed by atoms with E-state index in [9.17, 15) is 4.79 Å². The van der Waals surface area contributed by atoms with Crippen LogP contribution in [0.5, 0.6) is 0 Å². The number of aliphatic carboxylic acids is 1. The van der Waals surface area contributed by atoms with Gasteiger partial charge in [0.1, 0.15) is 0 Å². The fourth-order valence-electron chi connectivity index (χ4n) is 2.79. The summed E-state index contributed by atoms with van der Waals surface area (Å²) in [6, 6.07) is 8.28. The Kier molecular flexibility index (Phi) is 5.82. The maximum Gasteiger partial charge on any atom is 0.328 e. The SMILES string of the molecule is CCCCCCCn1ccc2cc(/C(C)=C/C(=O)O)ccc21. The summed E-state index contributed by atoms with van der Waals surface area (Å²) < 4.78 is 2.29. The van der Waals surface area contributed by atoms with E-state index in [0.717, 1.165) is 17.7 Å². The second-order valence-corrected chi connectivity index (χ2v) is 5.86. The number of aryl methyl sites for hydroxylation is 1. The minimum absolute atomic E-state index is 0.779. The van der Waals surface area contributed by atoms with Crippen LogP contribution in [0.4, 0.5) is 0 Å². The Hall–Kier alpha value is -2.03. The van der Waals surface area contributed by atoms with Crippen LogP contribution in [-0.4, -0.2) is 15.6 Å². The number of carboxylic acids is 1. The van der Waals surface area contributed by atoms with Crippen LogP contribution in [0.1, 0.15) is 51.5 Å². The molecule has 22 heavy (non-hydrogen) atoms. The lowest BCUT2D eigenvalue weighted by atomic mass is 10.1. The van der Waals surface area contributed by atoms with E-state index in [1.807, 2.05) is 13.0 Å². The summed E-state index contributed by atoms with van der Waals surface area (Å²) in [5.74, 6) is -0.901. The van der Waals surface area contributed by atoms with Gasteiger partial charge >= 0.3 is 5.97 Å². The smallest absolute Gasteiger partial charge is 0.328 e. The van der Waals surface area contributed by atoms with E-state index in [-0.39, 0.29) is 0 Å². The molecule has 0 unspecified atom stereocenters. The largest absolute Gasteiger partial charge is 0.478 e. The van der Waals surface area contributed by atoms with Crippen molar-refractivity contribution in [3.63, 3.8) is 0 Å². The summed E-state index contributed by atoms with van der Waals surface area (Å²) in [6.45, 7) is 5.12. The average molecular weight is 299 g/mol.